The minimum atomic E-state index is -0.0977. The lowest BCUT2D eigenvalue weighted by Gasteiger charge is -2.48. The second kappa shape index (κ2) is 3.97. The number of fused-ring (bicyclic) bond motifs is 5. The molecule has 0 saturated heterocycles. The van der Waals surface area contributed by atoms with E-state index < -0.39 is 0 Å². The van der Waals surface area contributed by atoms with Gasteiger partial charge in [0.1, 0.15) is 0 Å². The predicted molar refractivity (Wildman–Crippen MR) is 78.1 cm³/mol. The summed E-state index contributed by atoms with van der Waals surface area (Å²) in [5.74, 6) is 2.48. The third-order valence-corrected chi connectivity index (χ3v) is 7.62. The maximum Gasteiger partial charge on any atom is 0.155 e. The van der Waals surface area contributed by atoms with Gasteiger partial charge in [-0.25, -0.2) is 0 Å². The fourth-order valence-electron chi connectivity index (χ4n) is 6.28. The summed E-state index contributed by atoms with van der Waals surface area (Å²) < 4.78 is 0. The Bertz CT molecular complexity index is 494. The lowest BCUT2D eigenvalue weighted by molar-refractivity contribution is -0.116. The fourth-order valence-corrected chi connectivity index (χ4v) is 6.28. The van der Waals surface area contributed by atoms with Gasteiger partial charge in [-0.05, 0) is 73.2 Å². The molecule has 0 aromatic heterocycles. The van der Waals surface area contributed by atoms with Crippen LogP contribution in [-0.4, -0.2) is 17.0 Å². The highest BCUT2D eigenvalue weighted by molar-refractivity contribution is 5.91. The number of allylic oxidation sites excluding steroid dienone is 2. The molecule has 2 heteroatoms. The van der Waals surface area contributed by atoms with Crippen molar-refractivity contribution in [2.24, 2.45) is 28.6 Å². The molecule has 110 valence electrons. The zero-order chi connectivity index (χ0) is 14.1. The summed E-state index contributed by atoms with van der Waals surface area (Å²) in [4.78, 5) is 11.8. The predicted octanol–water partition coefficient (Wildman–Crippen LogP) is 3.49. The van der Waals surface area contributed by atoms with Gasteiger partial charge < -0.3 is 5.11 Å². The third kappa shape index (κ3) is 1.46. The van der Waals surface area contributed by atoms with E-state index in [-0.39, 0.29) is 16.9 Å². The average molecular weight is 274 g/mol. The summed E-state index contributed by atoms with van der Waals surface area (Å²) in [5.41, 5.74) is 1.87. The van der Waals surface area contributed by atoms with Gasteiger partial charge >= 0.3 is 0 Å². The third-order valence-electron chi connectivity index (χ3n) is 7.62. The van der Waals surface area contributed by atoms with Crippen molar-refractivity contribution in [1.82, 2.24) is 0 Å². The van der Waals surface area contributed by atoms with Gasteiger partial charge in [0.2, 0.25) is 0 Å². The van der Waals surface area contributed by atoms with Crippen molar-refractivity contribution in [3.63, 3.8) is 0 Å². The Morgan fingerprint density at radius 3 is 2.75 bits per heavy atom. The lowest BCUT2D eigenvalue weighted by atomic mass is 9.56. The number of carbonyl (C=O) groups excluding carboxylic acids is 1. The van der Waals surface area contributed by atoms with Crippen LogP contribution in [0.25, 0.3) is 0 Å². The molecular formula is C18H26O2. The second-order valence-electron chi connectivity index (χ2n) is 8.27. The average Bonchev–Trinajstić information content (AvgIpc) is 2.86. The van der Waals surface area contributed by atoms with Crippen LogP contribution in [0.4, 0.5) is 0 Å². The summed E-state index contributed by atoms with van der Waals surface area (Å²) in [7, 11) is 0. The van der Waals surface area contributed by atoms with E-state index in [0.717, 1.165) is 31.6 Å². The zero-order valence-electron chi connectivity index (χ0n) is 12.7. The van der Waals surface area contributed by atoms with Crippen LogP contribution in [0, 0.1) is 28.6 Å². The van der Waals surface area contributed by atoms with E-state index >= 15 is 0 Å². The van der Waals surface area contributed by atoms with E-state index in [2.05, 4.69) is 13.8 Å². The molecule has 0 spiro atoms. The van der Waals surface area contributed by atoms with Gasteiger partial charge in [-0.3, -0.25) is 4.79 Å². The molecule has 0 heterocycles. The molecule has 0 unspecified atom stereocenters. The van der Waals surface area contributed by atoms with Crippen LogP contribution >= 0.6 is 0 Å². The van der Waals surface area contributed by atoms with Gasteiger partial charge in [-0.15, -0.1) is 0 Å². The van der Waals surface area contributed by atoms with Gasteiger partial charge in [0.25, 0.3) is 0 Å². The Kier molecular flexibility index (Phi) is 2.59. The molecule has 0 radical (unpaired) electrons. The molecule has 0 aromatic carbocycles. The van der Waals surface area contributed by atoms with Gasteiger partial charge in [0, 0.05) is 6.42 Å². The summed E-state index contributed by atoms with van der Waals surface area (Å²) in [6.07, 6.45) is 9.41. The number of rotatable bonds is 0. The van der Waals surface area contributed by atoms with Crippen LogP contribution in [0.15, 0.2) is 11.6 Å². The zero-order valence-corrected chi connectivity index (χ0v) is 12.7. The molecular weight excluding hydrogens is 248 g/mol. The Labute approximate surface area is 121 Å². The Morgan fingerprint density at radius 1 is 1.15 bits per heavy atom. The number of carbonyl (C=O) groups is 1. The smallest absolute Gasteiger partial charge is 0.155 e. The van der Waals surface area contributed by atoms with Crippen LogP contribution in [0.5, 0.6) is 0 Å². The van der Waals surface area contributed by atoms with Crippen molar-refractivity contribution in [2.45, 2.75) is 64.9 Å². The molecule has 2 nitrogen and oxygen atoms in total. The SMILES string of the molecule is C[C@@]12CC[C@@H]3[C@H](CC4=CC(=O)CC[C@]43C)[C@@H]1CC[C@@H]2O. The van der Waals surface area contributed by atoms with Crippen molar-refractivity contribution in [2.75, 3.05) is 0 Å². The van der Waals surface area contributed by atoms with E-state index in [1.165, 1.54) is 24.8 Å². The number of aliphatic hydroxyl groups excluding tert-OH is 1. The topological polar surface area (TPSA) is 37.3 Å². The normalized spacial score (nSPS) is 54.1. The van der Waals surface area contributed by atoms with Crippen LogP contribution < -0.4 is 0 Å². The molecule has 1 N–H and O–H groups in total. The Hall–Kier alpha value is -0.630. The molecule has 20 heavy (non-hydrogen) atoms. The fraction of sp³-hybridized carbons (Fsp3) is 0.833. The molecule has 4 aliphatic rings. The van der Waals surface area contributed by atoms with Crippen molar-refractivity contribution >= 4 is 5.78 Å². The van der Waals surface area contributed by atoms with Crippen LogP contribution in [0.1, 0.15) is 58.8 Å². The first-order chi connectivity index (χ1) is 9.45. The minimum Gasteiger partial charge on any atom is -0.393 e. The highest BCUT2D eigenvalue weighted by Gasteiger charge is 2.60. The molecule has 4 rings (SSSR count). The van der Waals surface area contributed by atoms with Gasteiger partial charge in [0.05, 0.1) is 6.10 Å². The van der Waals surface area contributed by atoms with Crippen molar-refractivity contribution in [1.29, 1.82) is 0 Å². The number of ketones is 1. The number of aliphatic hydroxyl groups is 1. The van der Waals surface area contributed by atoms with E-state index in [0.29, 0.717) is 17.6 Å². The number of hydrogen-bond acceptors (Lipinski definition) is 2. The summed E-state index contributed by atoms with van der Waals surface area (Å²) >= 11 is 0. The Balaban J connectivity index is 1.72. The summed E-state index contributed by atoms with van der Waals surface area (Å²) in [5, 5.41) is 10.4. The standard InChI is InChI=1S/C18H26O2/c1-17-7-5-12(19)9-11(17)10-13-14-3-4-16(20)18(14,2)8-6-15(13)17/h9,13-16,20H,3-8,10H2,1-2H3/t13-,14+,15-,16+,17-,18-/m1/s1. The molecule has 6 atom stereocenters. The maximum atomic E-state index is 11.8. The van der Waals surface area contributed by atoms with E-state index in [4.69, 9.17) is 0 Å². The van der Waals surface area contributed by atoms with Crippen molar-refractivity contribution < 1.29 is 9.90 Å². The summed E-state index contributed by atoms with van der Waals surface area (Å²) in [6, 6.07) is 0. The Morgan fingerprint density at radius 2 is 1.95 bits per heavy atom. The van der Waals surface area contributed by atoms with Crippen LogP contribution in [0.2, 0.25) is 0 Å². The van der Waals surface area contributed by atoms with Crippen LogP contribution in [-0.2, 0) is 4.79 Å². The van der Waals surface area contributed by atoms with E-state index in [9.17, 15) is 9.90 Å². The van der Waals surface area contributed by atoms with E-state index in [1.807, 2.05) is 6.08 Å². The van der Waals surface area contributed by atoms with Gasteiger partial charge in [-0.2, -0.15) is 0 Å². The first-order valence-corrected chi connectivity index (χ1v) is 8.37. The molecule has 4 aliphatic carbocycles. The first kappa shape index (κ1) is 13.1. The minimum absolute atomic E-state index is 0.0977. The monoisotopic (exact) mass is 274 g/mol. The van der Waals surface area contributed by atoms with E-state index in [1.54, 1.807) is 0 Å². The summed E-state index contributed by atoms with van der Waals surface area (Å²) in [6.45, 7) is 4.72. The van der Waals surface area contributed by atoms with Gasteiger partial charge in [-0.1, -0.05) is 19.4 Å². The van der Waals surface area contributed by atoms with Gasteiger partial charge in [0.15, 0.2) is 5.78 Å². The lowest BCUT2D eigenvalue weighted by Crippen LogP contribution is -2.44. The quantitative estimate of drug-likeness (QED) is 0.734. The first-order valence-electron chi connectivity index (χ1n) is 8.37. The molecule has 0 amide bonds. The highest BCUT2D eigenvalue weighted by Crippen LogP contribution is 2.67. The molecule has 3 fully saturated rings. The van der Waals surface area contributed by atoms with Crippen LogP contribution in [0.3, 0.4) is 0 Å². The second-order valence-corrected chi connectivity index (χ2v) is 8.27. The largest absolute Gasteiger partial charge is 0.393 e. The molecule has 0 aromatic rings. The molecule has 0 bridgehead atoms. The van der Waals surface area contributed by atoms with Crippen molar-refractivity contribution in [3.05, 3.63) is 11.6 Å². The maximum absolute atomic E-state index is 11.8. The number of hydrogen-bond donors (Lipinski definition) is 1. The highest BCUT2D eigenvalue weighted by atomic mass is 16.3. The van der Waals surface area contributed by atoms with Crippen molar-refractivity contribution in [3.8, 4) is 0 Å². The molecule has 3 saturated carbocycles. The molecule has 0 aliphatic heterocycles.